The largest absolute Gasteiger partial charge is 0.390 e. The number of H-pyrrole nitrogens is 1. The Morgan fingerprint density at radius 1 is 1.19 bits per heavy atom. The average Bonchev–Trinajstić information content (AvgIpc) is 3.15. The lowest BCUT2D eigenvalue weighted by Crippen LogP contribution is -2.33. The Bertz CT molecular complexity index is 1230. The predicted octanol–water partition coefficient (Wildman–Crippen LogP) is 2.31. The van der Waals surface area contributed by atoms with Crippen molar-refractivity contribution in [3.8, 4) is 0 Å². The van der Waals surface area contributed by atoms with E-state index in [4.69, 9.17) is 13.8 Å². The van der Waals surface area contributed by atoms with Gasteiger partial charge in [0, 0.05) is 18.2 Å². The Hall–Kier alpha value is -2.55. The van der Waals surface area contributed by atoms with Crippen molar-refractivity contribution in [2.45, 2.75) is 38.2 Å². The smallest absolute Gasteiger partial charge is 0.330 e. The Morgan fingerprint density at radius 3 is 2.81 bits per heavy atom. The van der Waals surface area contributed by atoms with Gasteiger partial charge in [-0.2, -0.15) is 0 Å². The van der Waals surface area contributed by atoms with Gasteiger partial charge in [0.2, 0.25) is 0 Å². The van der Waals surface area contributed by atoms with Gasteiger partial charge in [-0.1, -0.05) is 42.5 Å². The van der Waals surface area contributed by atoms with E-state index in [0.717, 1.165) is 16.3 Å². The highest BCUT2D eigenvalue weighted by atomic mass is 31.1. The molecule has 1 fully saturated rings. The van der Waals surface area contributed by atoms with E-state index in [0.29, 0.717) is 12.0 Å². The van der Waals surface area contributed by atoms with Crippen molar-refractivity contribution in [3.05, 3.63) is 80.6 Å². The van der Waals surface area contributed by atoms with E-state index in [2.05, 4.69) is 4.98 Å². The molecule has 0 saturated carbocycles. The van der Waals surface area contributed by atoms with Crippen LogP contribution in [0.2, 0.25) is 0 Å². The van der Waals surface area contributed by atoms with Gasteiger partial charge in [0.25, 0.3) is 5.56 Å². The third kappa shape index (κ3) is 5.09. The maximum atomic E-state index is 12.2. The summed E-state index contributed by atoms with van der Waals surface area (Å²) in [5.41, 5.74) is 0.359. The zero-order chi connectivity index (χ0) is 22.7. The van der Waals surface area contributed by atoms with Crippen LogP contribution in [0.1, 0.15) is 23.8 Å². The summed E-state index contributed by atoms with van der Waals surface area (Å²) in [4.78, 5) is 25.8. The van der Waals surface area contributed by atoms with Gasteiger partial charge in [-0.15, -0.1) is 0 Å². The lowest BCUT2D eigenvalue weighted by Gasteiger charge is -2.16. The molecular formula is C22H25N2O7P. The van der Waals surface area contributed by atoms with Gasteiger partial charge >= 0.3 is 13.9 Å². The lowest BCUT2D eigenvalue weighted by atomic mass is 10.0. The van der Waals surface area contributed by atoms with Gasteiger partial charge in [-0.25, -0.2) is 4.79 Å². The first-order valence-electron chi connectivity index (χ1n) is 10.3. The molecule has 1 saturated heterocycles. The highest BCUT2D eigenvalue weighted by molar-refractivity contribution is 7.33. The molecule has 0 amide bonds. The van der Waals surface area contributed by atoms with Crippen LogP contribution in [-0.4, -0.2) is 40.1 Å². The summed E-state index contributed by atoms with van der Waals surface area (Å²) < 4.78 is 29.7. The number of aliphatic hydroxyl groups excluding tert-OH is 1. The van der Waals surface area contributed by atoms with Crippen molar-refractivity contribution in [2.24, 2.45) is 0 Å². The van der Waals surface area contributed by atoms with E-state index in [1.165, 1.54) is 10.8 Å². The monoisotopic (exact) mass is 460 g/mol. The molecule has 1 aliphatic rings. The molecule has 1 unspecified atom stereocenters. The summed E-state index contributed by atoms with van der Waals surface area (Å²) in [6.45, 7) is 1.66. The fraction of sp³-hybridized carbons (Fsp3) is 0.364. The number of aromatic amines is 1. The first-order valence-corrected chi connectivity index (χ1v) is 11.6. The zero-order valence-electron chi connectivity index (χ0n) is 17.5. The summed E-state index contributed by atoms with van der Waals surface area (Å²) in [6, 6.07) is 14.0. The maximum Gasteiger partial charge on any atom is 0.330 e. The van der Waals surface area contributed by atoms with Crippen LogP contribution >= 0.6 is 8.25 Å². The Labute approximate surface area is 184 Å². The lowest BCUT2D eigenvalue weighted by molar-refractivity contribution is -0.0420. The number of aliphatic hydroxyl groups is 1. The molecule has 0 aliphatic carbocycles. The second kappa shape index (κ2) is 9.94. The molecule has 0 spiro atoms. The molecule has 32 heavy (non-hydrogen) atoms. The zero-order valence-corrected chi connectivity index (χ0v) is 18.5. The molecule has 1 aliphatic heterocycles. The molecule has 0 bridgehead atoms. The number of nitrogens with zero attached hydrogens (tertiary/aromatic N) is 1. The number of rotatable bonds is 8. The summed E-state index contributed by atoms with van der Waals surface area (Å²) in [5.74, 6) is 0. The molecule has 4 atom stereocenters. The van der Waals surface area contributed by atoms with Crippen LogP contribution in [-0.2, 0) is 24.8 Å². The Balaban J connectivity index is 1.27. The predicted molar refractivity (Wildman–Crippen MR) is 119 cm³/mol. The number of benzene rings is 2. The molecular weight excluding hydrogens is 435 g/mol. The van der Waals surface area contributed by atoms with Crippen LogP contribution in [0.4, 0.5) is 0 Å². The van der Waals surface area contributed by atoms with Gasteiger partial charge < -0.3 is 18.9 Å². The molecule has 10 heteroatoms. The number of nitrogens with one attached hydrogen (secondary N) is 1. The molecule has 4 rings (SSSR count). The molecule has 0 radical (unpaired) electrons. The van der Waals surface area contributed by atoms with Crippen LogP contribution in [0.25, 0.3) is 10.8 Å². The van der Waals surface area contributed by atoms with Gasteiger partial charge in [0.1, 0.15) is 12.3 Å². The van der Waals surface area contributed by atoms with Gasteiger partial charge in [0.05, 0.1) is 19.3 Å². The van der Waals surface area contributed by atoms with E-state index < -0.39 is 37.9 Å². The number of aryl methyl sites for hydroxylation is 1. The molecule has 3 aromatic rings. The van der Waals surface area contributed by atoms with Crippen LogP contribution in [0.5, 0.6) is 0 Å². The topological polar surface area (TPSA) is 120 Å². The normalized spacial score (nSPS) is 21.8. The molecule has 1 aromatic heterocycles. The van der Waals surface area contributed by atoms with Crippen LogP contribution in [0.15, 0.2) is 58.3 Å². The van der Waals surface area contributed by atoms with E-state index in [9.17, 15) is 19.3 Å². The van der Waals surface area contributed by atoms with Crippen molar-refractivity contribution >= 4 is 19.0 Å². The van der Waals surface area contributed by atoms with E-state index in [1.807, 2.05) is 42.5 Å². The highest BCUT2D eigenvalue weighted by Gasteiger charge is 2.36. The second-order valence-corrected chi connectivity index (χ2v) is 8.79. The first-order chi connectivity index (χ1) is 15.4. The summed E-state index contributed by atoms with van der Waals surface area (Å²) >= 11 is 0. The van der Waals surface area contributed by atoms with Crippen molar-refractivity contribution in [2.75, 3.05) is 13.2 Å². The number of hydrogen-bond acceptors (Lipinski definition) is 7. The SMILES string of the molecule is Cc1cn([C@H]2C[C@H](O)[C@@H](CO[PH](=O)OCCc3cccc4ccccc34)O2)c(=O)[nH]c1=O. The quantitative estimate of drug-likeness (QED) is 0.495. The fourth-order valence-corrected chi connectivity index (χ4v) is 4.43. The molecule has 2 heterocycles. The van der Waals surface area contributed by atoms with Gasteiger partial charge in [-0.05, 0) is 29.7 Å². The second-order valence-electron chi connectivity index (χ2n) is 7.71. The van der Waals surface area contributed by atoms with Gasteiger partial charge in [0.15, 0.2) is 0 Å². The molecule has 9 nitrogen and oxygen atoms in total. The molecule has 2 aromatic carbocycles. The Kier molecular flexibility index (Phi) is 7.03. The third-order valence-electron chi connectivity index (χ3n) is 5.50. The van der Waals surface area contributed by atoms with Crippen molar-refractivity contribution in [3.63, 3.8) is 0 Å². The minimum atomic E-state index is -2.78. The number of fused-ring (bicyclic) bond motifs is 1. The van der Waals surface area contributed by atoms with Crippen molar-refractivity contribution < 1.29 is 23.5 Å². The van der Waals surface area contributed by atoms with E-state index in [-0.39, 0.29) is 19.6 Å². The minimum absolute atomic E-state index is 0.138. The van der Waals surface area contributed by atoms with Crippen molar-refractivity contribution in [1.29, 1.82) is 0 Å². The highest BCUT2D eigenvalue weighted by Crippen LogP contribution is 2.31. The van der Waals surface area contributed by atoms with Crippen LogP contribution in [0, 0.1) is 6.92 Å². The maximum absolute atomic E-state index is 12.2. The van der Waals surface area contributed by atoms with E-state index in [1.54, 1.807) is 6.92 Å². The third-order valence-corrected chi connectivity index (χ3v) is 6.34. The van der Waals surface area contributed by atoms with Crippen LogP contribution < -0.4 is 11.2 Å². The minimum Gasteiger partial charge on any atom is -0.390 e. The van der Waals surface area contributed by atoms with Crippen LogP contribution in [0.3, 0.4) is 0 Å². The van der Waals surface area contributed by atoms with E-state index >= 15 is 0 Å². The molecule has 2 N–H and O–H groups in total. The Morgan fingerprint density at radius 2 is 1.97 bits per heavy atom. The standard InChI is InChI=1S/C22H25N2O7P/c1-14-12-24(22(27)23-21(14)26)20-11-18(25)19(31-20)13-30-32(28)29-10-9-16-7-4-6-15-5-2-3-8-17(15)16/h2-8,12,18-20,25,32H,9-11,13H2,1H3,(H,23,26,27)/t18-,19+,20+/m0/s1. The number of ether oxygens (including phenoxy) is 1. The molecule has 170 valence electrons. The first kappa shape index (κ1) is 22.6. The summed E-state index contributed by atoms with van der Waals surface area (Å²) in [7, 11) is -2.78. The van der Waals surface area contributed by atoms with Gasteiger partial charge in [-0.3, -0.25) is 18.9 Å². The summed E-state index contributed by atoms with van der Waals surface area (Å²) in [6.07, 6.45) is -0.320. The average molecular weight is 460 g/mol. The fourth-order valence-electron chi connectivity index (χ4n) is 3.78. The van der Waals surface area contributed by atoms with Crippen molar-refractivity contribution in [1.82, 2.24) is 9.55 Å². The number of hydrogen-bond donors (Lipinski definition) is 2. The summed E-state index contributed by atoms with van der Waals surface area (Å²) in [5, 5.41) is 12.5. The number of aromatic nitrogens is 2.